The summed E-state index contributed by atoms with van der Waals surface area (Å²) in [7, 11) is 7.85. The number of ether oxygens (including phenoxy) is 4. The summed E-state index contributed by atoms with van der Waals surface area (Å²) in [5, 5.41) is 0. The molecule has 2 aromatic carbocycles. The van der Waals surface area contributed by atoms with Crippen LogP contribution in [0.5, 0.6) is 17.2 Å². The molecule has 156 valence electrons. The second-order valence-corrected chi connectivity index (χ2v) is 6.55. The van der Waals surface area contributed by atoms with Gasteiger partial charge in [0.2, 0.25) is 11.9 Å². The summed E-state index contributed by atoms with van der Waals surface area (Å²) >= 11 is 0. The number of likely N-dealkylation sites (N-methyl/N-ethyl adjacent to an activating group) is 1. The van der Waals surface area contributed by atoms with Crippen LogP contribution in [0.3, 0.4) is 0 Å². The molecule has 0 fully saturated rings. The van der Waals surface area contributed by atoms with E-state index in [1.807, 2.05) is 6.07 Å². The zero-order chi connectivity index (χ0) is 21.4. The summed E-state index contributed by atoms with van der Waals surface area (Å²) in [5.41, 5.74) is 1.46. The van der Waals surface area contributed by atoms with E-state index in [-0.39, 0.29) is 12.3 Å². The van der Waals surface area contributed by atoms with Crippen LogP contribution >= 0.6 is 0 Å². The van der Waals surface area contributed by atoms with Crippen LogP contribution in [0.2, 0.25) is 0 Å². The van der Waals surface area contributed by atoms with Crippen LogP contribution in [-0.2, 0) is 20.7 Å². The van der Waals surface area contributed by atoms with E-state index in [2.05, 4.69) is 0 Å². The summed E-state index contributed by atoms with van der Waals surface area (Å²) in [4.78, 5) is 26.4. The zero-order valence-electron chi connectivity index (χ0n) is 17.4. The maximum absolute atomic E-state index is 12.5. The molecule has 0 aromatic heterocycles. The van der Waals surface area contributed by atoms with E-state index in [0.29, 0.717) is 29.2 Å². The molecule has 7 heteroatoms. The number of hydrogen-bond acceptors (Lipinski definition) is 6. The van der Waals surface area contributed by atoms with Crippen LogP contribution in [0.25, 0.3) is 0 Å². The van der Waals surface area contributed by atoms with Gasteiger partial charge >= 0.3 is 5.97 Å². The molecule has 0 aliphatic heterocycles. The number of methoxy groups -OCH3 is 3. The second-order valence-electron chi connectivity index (χ2n) is 6.55. The molecule has 0 aliphatic rings. The fourth-order valence-corrected chi connectivity index (χ4v) is 2.84. The summed E-state index contributed by atoms with van der Waals surface area (Å²) in [6.07, 6.45) is -0.478. The molecule has 0 spiro atoms. The summed E-state index contributed by atoms with van der Waals surface area (Å²) < 4.78 is 21.5. The lowest BCUT2D eigenvalue weighted by Gasteiger charge is -2.21. The molecule has 0 saturated heterocycles. The van der Waals surface area contributed by atoms with Gasteiger partial charge in [-0.3, -0.25) is 9.59 Å². The van der Waals surface area contributed by atoms with Crippen molar-refractivity contribution in [3.05, 3.63) is 53.6 Å². The van der Waals surface area contributed by atoms with Crippen LogP contribution in [0.15, 0.2) is 42.5 Å². The van der Waals surface area contributed by atoms with Gasteiger partial charge < -0.3 is 23.8 Å². The van der Waals surface area contributed by atoms with E-state index in [0.717, 1.165) is 5.56 Å². The smallest absolute Gasteiger partial charge is 0.307 e. The van der Waals surface area contributed by atoms with E-state index < -0.39 is 12.1 Å². The molecule has 1 amide bonds. The number of hydrogen-bond donors (Lipinski definition) is 0. The Morgan fingerprint density at radius 2 is 1.52 bits per heavy atom. The van der Waals surface area contributed by atoms with E-state index in [1.54, 1.807) is 50.5 Å². The SMILES string of the molecule is COc1cc(CCC(=O)O[C@@H](C(=O)N(C)C)c2ccccc2)cc(OC)c1OC. The van der Waals surface area contributed by atoms with Crippen LogP contribution in [0.1, 0.15) is 23.7 Å². The Kier molecular flexibility index (Phi) is 7.88. The maximum atomic E-state index is 12.5. The highest BCUT2D eigenvalue weighted by Crippen LogP contribution is 2.38. The van der Waals surface area contributed by atoms with Crippen molar-refractivity contribution in [2.75, 3.05) is 35.4 Å². The van der Waals surface area contributed by atoms with Crippen molar-refractivity contribution in [3.8, 4) is 17.2 Å². The third-order valence-corrected chi connectivity index (χ3v) is 4.36. The Hall–Kier alpha value is -3.22. The highest BCUT2D eigenvalue weighted by Gasteiger charge is 2.26. The molecule has 0 radical (unpaired) electrons. The first-order valence-electron chi connectivity index (χ1n) is 9.15. The van der Waals surface area contributed by atoms with Gasteiger partial charge in [-0.1, -0.05) is 30.3 Å². The van der Waals surface area contributed by atoms with Gasteiger partial charge in [-0.05, 0) is 24.1 Å². The molecule has 0 aliphatic carbocycles. The third-order valence-electron chi connectivity index (χ3n) is 4.36. The summed E-state index contributed by atoms with van der Waals surface area (Å²) in [6.45, 7) is 0. The highest BCUT2D eigenvalue weighted by atomic mass is 16.5. The lowest BCUT2D eigenvalue weighted by atomic mass is 10.1. The van der Waals surface area contributed by atoms with Gasteiger partial charge in [-0.25, -0.2) is 0 Å². The van der Waals surface area contributed by atoms with Crippen molar-refractivity contribution in [1.82, 2.24) is 4.90 Å². The van der Waals surface area contributed by atoms with Crippen molar-refractivity contribution in [2.45, 2.75) is 18.9 Å². The van der Waals surface area contributed by atoms with Gasteiger partial charge in [0.1, 0.15) is 0 Å². The van der Waals surface area contributed by atoms with E-state index >= 15 is 0 Å². The van der Waals surface area contributed by atoms with Gasteiger partial charge in [-0.2, -0.15) is 0 Å². The Labute approximate surface area is 171 Å². The van der Waals surface area contributed by atoms with Gasteiger partial charge in [0, 0.05) is 26.1 Å². The van der Waals surface area contributed by atoms with E-state index in [1.165, 1.54) is 26.2 Å². The van der Waals surface area contributed by atoms with Gasteiger partial charge in [0.05, 0.1) is 21.3 Å². The number of rotatable bonds is 9. The summed E-state index contributed by atoms with van der Waals surface area (Å²) in [5.74, 6) is 0.752. The van der Waals surface area contributed by atoms with Gasteiger partial charge in [0.25, 0.3) is 5.91 Å². The number of esters is 1. The fraction of sp³-hybridized carbons (Fsp3) is 0.364. The number of aryl methyl sites for hydroxylation is 1. The number of amides is 1. The molecule has 0 bridgehead atoms. The maximum Gasteiger partial charge on any atom is 0.307 e. The summed E-state index contributed by atoms with van der Waals surface area (Å²) in [6, 6.07) is 12.5. The molecule has 2 aromatic rings. The number of carbonyl (C=O) groups excluding carboxylic acids is 2. The Morgan fingerprint density at radius 3 is 2.00 bits per heavy atom. The zero-order valence-corrected chi connectivity index (χ0v) is 17.4. The van der Waals surface area contributed by atoms with Gasteiger partial charge in [-0.15, -0.1) is 0 Å². The van der Waals surface area contributed by atoms with Crippen molar-refractivity contribution in [3.63, 3.8) is 0 Å². The minimum atomic E-state index is -0.973. The number of nitrogens with zero attached hydrogens (tertiary/aromatic N) is 1. The quantitative estimate of drug-likeness (QED) is 0.602. The first kappa shape index (κ1) is 22.1. The largest absolute Gasteiger partial charge is 0.493 e. The minimum Gasteiger partial charge on any atom is -0.493 e. The van der Waals surface area contributed by atoms with Crippen LogP contribution in [0, 0.1) is 0 Å². The molecule has 29 heavy (non-hydrogen) atoms. The van der Waals surface area contributed by atoms with Crippen molar-refractivity contribution >= 4 is 11.9 Å². The molecule has 0 unspecified atom stereocenters. The predicted octanol–water partition coefficient (Wildman–Crippen LogP) is 3.02. The molecule has 0 saturated carbocycles. The highest BCUT2D eigenvalue weighted by molar-refractivity contribution is 5.84. The average molecular weight is 401 g/mol. The third kappa shape index (κ3) is 5.63. The topological polar surface area (TPSA) is 74.3 Å². The van der Waals surface area contributed by atoms with Crippen molar-refractivity contribution < 1.29 is 28.5 Å². The van der Waals surface area contributed by atoms with Crippen molar-refractivity contribution in [2.24, 2.45) is 0 Å². The monoisotopic (exact) mass is 401 g/mol. The fourth-order valence-electron chi connectivity index (χ4n) is 2.84. The minimum absolute atomic E-state index is 0.0999. The average Bonchev–Trinajstić information content (AvgIpc) is 2.75. The molecule has 0 heterocycles. The molecular weight excluding hydrogens is 374 g/mol. The van der Waals surface area contributed by atoms with Crippen LogP contribution in [-0.4, -0.2) is 52.2 Å². The Balaban J connectivity index is 2.12. The normalized spacial score (nSPS) is 11.3. The molecule has 1 atom stereocenters. The standard InChI is InChI=1S/C22H27NO6/c1-23(2)22(25)20(16-9-7-6-8-10-16)29-19(24)12-11-15-13-17(26-3)21(28-5)18(14-15)27-4/h6-10,13-14,20H,11-12H2,1-5H3/t20-/m1/s1. The second kappa shape index (κ2) is 10.4. The molecule has 0 N–H and O–H groups in total. The molecule has 2 rings (SSSR count). The molecule has 7 nitrogen and oxygen atoms in total. The van der Waals surface area contributed by atoms with Crippen molar-refractivity contribution in [1.29, 1.82) is 0 Å². The lowest BCUT2D eigenvalue weighted by Crippen LogP contribution is -2.31. The Bertz CT molecular complexity index is 809. The van der Waals surface area contributed by atoms with E-state index in [4.69, 9.17) is 18.9 Å². The first-order chi connectivity index (χ1) is 13.9. The number of carbonyl (C=O) groups is 2. The van der Waals surface area contributed by atoms with Crippen LogP contribution in [0.4, 0.5) is 0 Å². The van der Waals surface area contributed by atoms with Gasteiger partial charge in [0.15, 0.2) is 11.5 Å². The van der Waals surface area contributed by atoms with E-state index in [9.17, 15) is 9.59 Å². The lowest BCUT2D eigenvalue weighted by molar-refractivity contribution is -0.159. The Morgan fingerprint density at radius 1 is 0.931 bits per heavy atom. The molecular formula is C22H27NO6. The predicted molar refractivity (Wildman–Crippen MR) is 108 cm³/mol. The van der Waals surface area contributed by atoms with Crippen LogP contribution < -0.4 is 14.2 Å². The number of benzene rings is 2. The first-order valence-corrected chi connectivity index (χ1v) is 9.15.